The highest BCUT2D eigenvalue weighted by molar-refractivity contribution is 6.00. The van der Waals surface area contributed by atoms with Gasteiger partial charge in [-0.25, -0.2) is 0 Å². The fraction of sp³-hybridized carbons (Fsp3) is 0.533. The number of hydrogen-bond donors (Lipinski definition) is 1. The minimum Gasteiger partial charge on any atom is -0.508 e. The molecule has 1 aromatic rings. The molecular formula is C15H18O3. The lowest BCUT2D eigenvalue weighted by Gasteiger charge is -2.37. The van der Waals surface area contributed by atoms with E-state index in [2.05, 4.69) is 0 Å². The standard InChI is InChI=1S/C15H18O3/c16-11-5-6-12-13(17)10-15(18-14(12)9-11)7-3-1-2-4-8-15/h5-6,9,16H,1-4,7-8,10H2. The second kappa shape index (κ2) is 4.30. The van der Waals surface area contributed by atoms with Crippen LogP contribution < -0.4 is 4.74 Å². The first-order valence-electron chi connectivity index (χ1n) is 6.74. The van der Waals surface area contributed by atoms with Crippen LogP contribution in [-0.2, 0) is 0 Å². The number of rotatable bonds is 0. The van der Waals surface area contributed by atoms with E-state index in [-0.39, 0.29) is 17.1 Å². The summed E-state index contributed by atoms with van der Waals surface area (Å²) in [4.78, 5) is 12.2. The van der Waals surface area contributed by atoms with Gasteiger partial charge in [-0.05, 0) is 37.8 Å². The predicted octanol–water partition coefficient (Wildman–Crippen LogP) is 3.45. The van der Waals surface area contributed by atoms with Gasteiger partial charge in [0.2, 0.25) is 0 Å². The molecular weight excluding hydrogens is 228 g/mol. The van der Waals surface area contributed by atoms with Crippen LogP contribution >= 0.6 is 0 Å². The molecule has 0 aromatic heterocycles. The molecule has 0 radical (unpaired) electrons. The zero-order valence-electron chi connectivity index (χ0n) is 10.4. The van der Waals surface area contributed by atoms with Crippen molar-refractivity contribution in [1.82, 2.24) is 0 Å². The fourth-order valence-electron chi connectivity index (χ4n) is 3.13. The van der Waals surface area contributed by atoms with Crippen molar-refractivity contribution >= 4 is 5.78 Å². The quantitative estimate of drug-likeness (QED) is 0.762. The minimum absolute atomic E-state index is 0.151. The van der Waals surface area contributed by atoms with Crippen LogP contribution in [0.5, 0.6) is 11.5 Å². The van der Waals surface area contributed by atoms with Crippen LogP contribution in [0.25, 0.3) is 0 Å². The number of benzene rings is 1. The number of carbonyl (C=O) groups excluding carboxylic acids is 1. The van der Waals surface area contributed by atoms with E-state index in [4.69, 9.17) is 4.74 Å². The highest BCUT2D eigenvalue weighted by atomic mass is 16.5. The Morgan fingerprint density at radius 1 is 1.11 bits per heavy atom. The lowest BCUT2D eigenvalue weighted by atomic mass is 9.84. The third kappa shape index (κ3) is 1.98. The maximum Gasteiger partial charge on any atom is 0.170 e. The van der Waals surface area contributed by atoms with Crippen molar-refractivity contribution in [1.29, 1.82) is 0 Å². The summed E-state index contributed by atoms with van der Waals surface area (Å²) in [6.07, 6.45) is 7.10. The minimum atomic E-state index is -0.311. The van der Waals surface area contributed by atoms with E-state index in [1.165, 1.54) is 12.8 Å². The summed E-state index contributed by atoms with van der Waals surface area (Å²) >= 11 is 0. The van der Waals surface area contributed by atoms with Crippen LogP contribution in [0.4, 0.5) is 0 Å². The smallest absolute Gasteiger partial charge is 0.170 e. The lowest BCUT2D eigenvalue weighted by Crippen LogP contribution is -2.41. The molecule has 1 spiro atoms. The van der Waals surface area contributed by atoms with Gasteiger partial charge in [0.25, 0.3) is 0 Å². The number of hydrogen-bond acceptors (Lipinski definition) is 3. The normalized spacial score (nSPS) is 22.1. The van der Waals surface area contributed by atoms with Gasteiger partial charge < -0.3 is 9.84 Å². The van der Waals surface area contributed by atoms with Gasteiger partial charge >= 0.3 is 0 Å². The number of fused-ring (bicyclic) bond motifs is 1. The number of ketones is 1. The molecule has 3 nitrogen and oxygen atoms in total. The summed E-state index contributed by atoms with van der Waals surface area (Å²) in [6.45, 7) is 0. The number of phenolic OH excluding ortho intramolecular Hbond substituents is 1. The van der Waals surface area contributed by atoms with Crippen LogP contribution in [-0.4, -0.2) is 16.5 Å². The van der Waals surface area contributed by atoms with Crippen LogP contribution in [0, 0.1) is 0 Å². The van der Waals surface area contributed by atoms with E-state index in [9.17, 15) is 9.90 Å². The summed E-state index contributed by atoms with van der Waals surface area (Å²) in [5.41, 5.74) is 0.302. The highest BCUT2D eigenvalue weighted by Gasteiger charge is 2.40. The second-order valence-electron chi connectivity index (χ2n) is 5.48. The van der Waals surface area contributed by atoms with Crippen LogP contribution in [0.1, 0.15) is 55.3 Å². The van der Waals surface area contributed by atoms with E-state index in [0.717, 1.165) is 25.7 Å². The zero-order valence-corrected chi connectivity index (χ0v) is 10.4. The first-order chi connectivity index (χ1) is 8.69. The van der Waals surface area contributed by atoms with Crippen molar-refractivity contribution in [2.24, 2.45) is 0 Å². The van der Waals surface area contributed by atoms with E-state index in [1.54, 1.807) is 18.2 Å². The van der Waals surface area contributed by atoms with Gasteiger partial charge in [0.1, 0.15) is 17.1 Å². The lowest BCUT2D eigenvalue weighted by molar-refractivity contribution is 0.0296. The second-order valence-corrected chi connectivity index (χ2v) is 5.48. The summed E-state index contributed by atoms with van der Waals surface area (Å²) in [5, 5.41) is 9.53. The maximum atomic E-state index is 12.2. The first kappa shape index (κ1) is 11.6. The predicted molar refractivity (Wildman–Crippen MR) is 68.1 cm³/mol. The van der Waals surface area contributed by atoms with Gasteiger partial charge in [0.05, 0.1) is 12.0 Å². The van der Waals surface area contributed by atoms with Gasteiger partial charge in [-0.1, -0.05) is 12.8 Å². The van der Waals surface area contributed by atoms with Crippen LogP contribution in [0.15, 0.2) is 18.2 Å². The molecule has 1 aliphatic carbocycles. The molecule has 0 amide bonds. The van der Waals surface area contributed by atoms with Gasteiger partial charge in [0.15, 0.2) is 5.78 Å². The average molecular weight is 246 g/mol. The molecule has 3 rings (SSSR count). The first-order valence-corrected chi connectivity index (χ1v) is 6.74. The van der Waals surface area contributed by atoms with Crippen LogP contribution in [0.2, 0.25) is 0 Å². The SMILES string of the molecule is O=C1CC2(CCCCCC2)Oc2cc(O)ccc21. The molecule has 0 saturated heterocycles. The Morgan fingerprint density at radius 2 is 1.83 bits per heavy atom. The monoisotopic (exact) mass is 246 g/mol. The molecule has 3 heteroatoms. The molecule has 0 atom stereocenters. The molecule has 18 heavy (non-hydrogen) atoms. The number of ether oxygens (including phenoxy) is 1. The van der Waals surface area contributed by atoms with E-state index in [0.29, 0.717) is 17.7 Å². The Labute approximate surface area is 107 Å². The average Bonchev–Trinajstić information content (AvgIpc) is 2.54. The van der Waals surface area contributed by atoms with E-state index >= 15 is 0 Å². The van der Waals surface area contributed by atoms with Crippen molar-refractivity contribution in [3.63, 3.8) is 0 Å². The Morgan fingerprint density at radius 3 is 2.56 bits per heavy atom. The molecule has 1 aromatic carbocycles. The van der Waals surface area contributed by atoms with Crippen LogP contribution in [0.3, 0.4) is 0 Å². The number of carbonyl (C=O) groups is 1. The summed E-state index contributed by atoms with van der Waals surface area (Å²) in [7, 11) is 0. The topological polar surface area (TPSA) is 46.5 Å². The molecule has 1 saturated carbocycles. The Balaban J connectivity index is 1.96. The molecule has 1 N–H and O–H groups in total. The Bertz CT molecular complexity index is 471. The molecule has 96 valence electrons. The Hall–Kier alpha value is -1.51. The van der Waals surface area contributed by atoms with Gasteiger partial charge in [0, 0.05) is 6.07 Å². The van der Waals surface area contributed by atoms with Crippen molar-refractivity contribution < 1.29 is 14.6 Å². The number of Topliss-reactive ketones (excluding diaryl/α,β-unsaturated/α-hetero) is 1. The molecule has 0 unspecified atom stereocenters. The van der Waals surface area contributed by atoms with Gasteiger partial charge in [-0.15, -0.1) is 0 Å². The summed E-state index contributed by atoms with van der Waals surface area (Å²) < 4.78 is 6.11. The Kier molecular flexibility index (Phi) is 2.77. The molecule has 1 heterocycles. The summed E-state index contributed by atoms with van der Waals surface area (Å²) in [6, 6.07) is 4.78. The third-order valence-corrected chi connectivity index (χ3v) is 4.09. The van der Waals surface area contributed by atoms with Crippen molar-refractivity contribution in [2.75, 3.05) is 0 Å². The molecule has 1 fully saturated rings. The van der Waals surface area contributed by atoms with E-state index < -0.39 is 0 Å². The third-order valence-electron chi connectivity index (χ3n) is 4.09. The van der Waals surface area contributed by atoms with Crippen molar-refractivity contribution in [2.45, 2.75) is 50.5 Å². The summed E-state index contributed by atoms with van der Waals surface area (Å²) in [5.74, 6) is 0.874. The molecule has 0 bridgehead atoms. The molecule has 2 aliphatic rings. The van der Waals surface area contributed by atoms with Gasteiger partial charge in [-0.3, -0.25) is 4.79 Å². The zero-order chi connectivity index (χ0) is 12.6. The fourth-order valence-corrected chi connectivity index (χ4v) is 3.13. The van der Waals surface area contributed by atoms with Crippen molar-refractivity contribution in [3.05, 3.63) is 23.8 Å². The maximum absolute atomic E-state index is 12.2. The largest absolute Gasteiger partial charge is 0.508 e. The van der Waals surface area contributed by atoms with Crippen molar-refractivity contribution in [3.8, 4) is 11.5 Å². The van der Waals surface area contributed by atoms with E-state index in [1.807, 2.05) is 0 Å². The number of phenols is 1. The molecule has 1 aliphatic heterocycles. The van der Waals surface area contributed by atoms with Gasteiger partial charge in [-0.2, -0.15) is 0 Å². The number of aromatic hydroxyl groups is 1. The highest BCUT2D eigenvalue weighted by Crippen LogP contribution is 2.41.